The van der Waals surface area contributed by atoms with E-state index < -0.39 is 12.7 Å². The number of nitrogens with zero attached hydrogens (tertiary/aromatic N) is 6. The summed E-state index contributed by atoms with van der Waals surface area (Å²) in [6, 6.07) is 14.7. The zero-order chi connectivity index (χ0) is 31.3. The Morgan fingerprint density at radius 2 is 1.93 bits per heavy atom. The molecular formula is C29H29F3N8O3S. The first kappa shape index (κ1) is 30.8. The molecule has 1 atom stereocenters. The Morgan fingerprint density at radius 3 is 2.64 bits per heavy atom. The number of aromatic nitrogens is 4. The van der Waals surface area contributed by atoms with E-state index in [1.54, 1.807) is 23.2 Å². The van der Waals surface area contributed by atoms with Crippen LogP contribution in [0.2, 0.25) is 0 Å². The van der Waals surface area contributed by atoms with E-state index in [2.05, 4.69) is 42.4 Å². The van der Waals surface area contributed by atoms with Gasteiger partial charge in [0.05, 0.1) is 17.1 Å². The number of aliphatic imine (C=N–C) groups is 1. The third kappa shape index (κ3) is 7.85. The second-order valence-electron chi connectivity index (χ2n) is 9.79. The largest absolute Gasteiger partial charge is 0.573 e. The molecule has 0 bridgehead atoms. The summed E-state index contributed by atoms with van der Waals surface area (Å²) in [7, 11) is 0. The molecule has 1 unspecified atom stereocenters. The Bertz CT molecular complexity index is 1630. The third-order valence-corrected chi connectivity index (χ3v) is 7.32. The molecule has 0 radical (unpaired) electrons. The van der Waals surface area contributed by atoms with Gasteiger partial charge in [0.2, 0.25) is 18.2 Å². The molecule has 5 rings (SSSR count). The first-order valence-corrected chi connectivity index (χ1v) is 14.6. The molecule has 230 valence electrons. The van der Waals surface area contributed by atoms with Crippen molar-refractivity contribution >= 4 is 40.3 Å². The van der Waals surface area contributed by atoms with Gasteiger partial charge in [0, 0.05) is 12.7 Å². The van der Waals surface area contributed by atoms with Crippen LogP contribution in [0.25, 0.3) is 5.69 Å². The molecule has 11 nitrogen and oxygen atoms in total. The lowest BCUT2D eigenvalue weighted by Crippen LogP contribution is -2.32. The number of carbonyl (C=O) groups is 1. The molecule has 4 aromatic rings. The fourth-order valence-corrected chi connectivity index (χ4v) is 5.28. The molecule has 1 fully saturated rings. The van der Waals surface area contributed by atoms with E-state index in [-0.39, 0.29) is 17.4 Å². The number of aliphatic hydroxyl groups is 1. The van der Waals surface area contributed by atoms with Gasteiger partial charge in [-0.15, -0.1) is 18.3 Å². The number of hydrogen-bond donors (Lipinski definition) is 3. The lowest BCUT2D eigenvalue weighted by atomic mass is 10.0. The highest BCUT2D eigenvalue weighted by atomic mass is 32.2. The van der Waals surface area contributed by atoms with Crippen LogP contribution in [-0.4, -0.2) is 54.4 Å². The van der Waals surface area contributed by atoms with Gasteiger partial charge in [-0.05, 0) is 66.4 Å². The van der Waals surface area contributed by atoms with Crippen molar-refractivity contribution in [3.63, 3.8) is 0 Å². The fraction of sp³-hybridized carbons (Fsp3) is 0.276. The number of amidine groups is 1. The van der Waals surface area contributed by atoms with Crippen LogP contribution >= 0.6 is 11.8 Å². The van der Waals surface area contributed by atoms with Gasteiger partial charge in [-0.3, -0.25) is 9.69 Å². The van der Waals surface area contributed by atoms with Crippen molar-refractivity contribution in [2.75, 3.05) is 21.3 Å². The number of anilines is 3. The number of halogens is 3. The zero-order valence-electron chi connectivity index (χ0n) is 23.7. The van der Waals surface area contributed by atoms with Gasteiger partial charge in [-0.25, -0.2) is 19.6 Å². The summed E-state index contributed by atoms with van der Waals surface area (Å²) in [5.41, 5.74) is 4.16. The molecule has 0 saturated carbocycles. The van der Waals surface area contributed by atoms with Crippen molar-refractivity contribution in [2.45, 2.75) is 45.9 Å². The van der Waals surface area contributed by atoms with Crippen molar-refractivity contribution in [3.05, 3.63) is 83.8 Å². The Kier molecular flexibility index (Phi) is 9.35. The second-order valence-corrected chi connectivity index (χ2v) is 10.7. The average molecular weight is 627 g/mol. The molecule has 1 amide bonds. The minimum atomic E-state index is -4.76. The van der Waals surface area contributed by atoms with Crippen LogP contribution in [0.15, 0.2) is 72.1 Å². The standard InChI is InChI=1S/C29H29F3N8O3S/c1-3-4-20-7-5-18(2)13-23(20)40-25(41)16-44-28(40)37-27(42)36-24-12-6-19(14-33-24)15-34-26-35-17-39(38-26)21-8-10-22(11-9-21)43-29(30,31)32/h5-14,17,27,42H,3-4,15-16H2,1-2H3,(H,33,36)(H,34,38). The highest BCUT2D eigenvalue weighted by Crippen LogP contribution is 2.31. The monoisotopic (exact) mass is 626 g/mol. The number of aliphatic hydroxyl groups excluding tert-OH is 1. The predicted octanol–water partition coefficient (Wildman–Crippen LogP) is 5.26. The number of thioether (sulfide) groups is 1. The van der Waals surface area contributed by atoms with Gasteiger partial charge in [-0.1, -0.05) is 43.3 Å². The maximum Gasteiger partial charge on any atom is 0.573 e. The maximum atomic E-state index is 12.8. The first-order chi connectivity index (χ1) is 21.1. The lowest BCUT2D eigenvalue weighted by Gasteiger charge is -2.21. The van der Waals surface area contributed by atoms with Crippen LogP contribution in [0.4, 0.5) is 30.6 Å². The van der Waals surface area contributed by atoms with Crippen LogP contribution in [0, 0.1) is 6.92 Å². The average Bonchev–Trinajstić information content (AvgIpc) is 3.60. The normalized spacial score (nSPS) is 15.1. The van der Waals surface area contributed by atoms with Gasteiger partial charge in [0.15, 0.2) is 5.17 Å². The Morgan fingerprint density at radius 1 is 1.14 bits per heavy atom. The minimum absolute atomic E-state index is 0.0911. The molecule has 0 spiro atoms. The van der Waals surface area contributed by atoms with E-state index in [1.165, 1.54) is 47.0 Å². The number of pyridine rings is 1. The number of benzene rings is 2. The zero-order valence-corrected chi connectivity index (χ0v) is 24.6. The Hall–Kier alpha value is -4.63. The van der Waals surface area contributed by atoms with Gasteiger partial charge in [-0.2, -0.15) is 0 Å². The molecule has 3 N–H and O–H groups in total. The van der Waals surface area contributed by atoms with E-state index in [4.69, 9.17) is 0 Å². The quantitative estimate of drug-likeness (QED) is 0.191. The lowest BCUT2D eigenvalue weighted by molar-refractivity contribution is -0.274. The Labute approximate surface area is 255 Å². The molecule has 44 heavy (non-hydrogen) atoms. The van der Waals surface area contributed by atoms with Gasteiger partial charge in [0.25, 0.3) is 0 Å². The molecule has 1 aliphatic heterocycles. The van der Waals surface area contributed by atoms with E-state index >= 15 is 0 Å². The number of hydrogen-bond acceptors (Lipinski definition) is 10. The number of ether oxygens (including phenoxy) is 1. The minimum Gasteiger partial charge on any atom is -0.406 e. The van der Waals surface area contributed by atoms with E-state index in [0.29, 0.717) is 29.2 Å². The molecule has 3 heterocycles. The summed E-state index contributed by atoms with van der Waals surface area (Å²) >= 11 is 1.27. The van der Waals surface area contributed by atoms with Crippen molar-refractivity contribution < 1.29 is 27.8 Å². The fourth-order valence-electron chi connectivity index (χ4n) is 4.39. The van der Waals surface area contributed by atoms with Crippen molar-refractivity contribution in [1.82, 2.24) is 19.7 Å². The van der Waals surface area contributed by atoms with Crippen molar-refractivity contribution in [2.24, 2.45) is 4.99 Å². The van der Waals surface area contributed by atoms with E-state index in [1.807, 2.05) is 25.1 Å². The van der Waals surface area contributed by atoms with Crippen LogP contribution in [0.3, 0.4) is 0 Å². The molecule has 1 saturated heterocycles. The summed E-state index contributed by atoms with van der Waals surface area (Å²) in [5, 5.41) is 21.2. The molecular weight excluding hydrogens is 597 g/mol. The number of aryl methyl sites for hydroxylation is 2. The summed E-state index contributed by atoms with van der Waals surface area (Å²) in [6.07, 6.45) is -1.31. The predicted molar refractivity (Wildman–Crippen MR) is 162 cm³/mol. The highest BCUT2D eigenvalue weighted by molar-refractivity contribution is 8.15. The number of nitrogens with one attached hydrogen (secondary N) is 2. The van der Waals surface area contributed by atoms with Crippen molar-refractivity contribution in [1.29, 1.82) is 0 Å². The van der Waals surface area contributed by atoms with Crippen LogP contribution < -0.4 is 20.3 Å². The van der Waals surface area contributed by atoms with E-state index in [0.717, 1.165) is 35.2 Å². The summed E-state index contributed by atoms with van der Waals surface area (Å²) in [6.45, 7) is 4.39. The van der Waals surface area contributed by atoms with Gasteiger partial charge >= 0.3 is 6.36 Å². The molecule has 2 aromatic carbocycles. The number of alkyl halides is 3. The SMILES string of the molecule is CCCc1ccc(C)cc1N1C(=O)CSC1=NC(O)Nc1ccc(CNc2ncn(-c3ccc(OC(F)(F)F)cc3)n2)cn1. The summed E-state index contributed by atoms with van der Waals surface area (Å²) in [4.78, 5) is 27.2. The second kappa shape index (κ2) is 13.3. The van der Waals surface area contributed by atoms with Gasteiger partial charge < -0.3 is 20.5 Å². The molecule has 1 aliphatic rings. The van der Waals surface area contributed by atoms with Gasteiger partial charge in [0.1, 0.15) is 17.9 Å². The van der Waals surface area contributed by atoms with Crippen LogP contribution in [0.1, 0.15) is 30.0 Å². The first-order valence-electron chi connectivity index (χ1n) is 13.6. The van der Waals surface area contributed by atoms with Crippen molar-refractivity contribution in [3.8, 4) is 11.4 Å². The van der Waals surface area contributed by atoms with Crippen LogP contribution in [-0.2, 0) is 17.8 Å². The third-order valence-electron chi connectivity index (χ3n) is 6.38. The topological polar surface area (TPSA) is 130 Å². The molecule has 15 heteroatoms. The smallest absolute Gasteiger partial charge is 0.406 e. The Balaban J connectivity index is 1.17. The van der Waals surface area contributed by atoms with E-state index in [9.17, 15) is 23.1 Å². The number of amides is 1. The number of carbonyl (C=O) groups excluding carboxylic acids is 1. The summed E-state index contributed by atoms with van der Waals surface area (Å²) < 4.78 is 42.4. The highest BCUT2D eigenvalue weighted by Gasteiger charge is 2.32. The number of rotatable bonds is 11. The maximum absolute atomic E-state index is 12.8. The van der Waals surface area contributed by atoms with Crippen LogP contribution in [0.5, 0.6) is 5.75 Å². The summed E-state index contributed by atoms with van der Waals surface area (Å²) in [5.74, 6) is 0.503. The molecule has 2 aromatic heterocycles. The molecule has 0 aliphatic carbocycles.